The first-order valence-electron chi connectivity index (χ1n) is 16.9. The Labute approximate surface area is 308 Å². The Balaban J connectivity index is 0.993. The monoisotopic (exact) mass is 714 g/mol. The van der Waals surface area contributed by atoms with Crippen LogP contribution in [-0.4, -0.2) is 55.4 Å². The minimum Gasteiger partial charge on any atom is -0.349 e. The predicted molar refractivity (Wildman–Crippen MR) is 199 cm³/mol. The van der Waals surface area contributed by atoms with Gasteiger partial charge in [-0.25, -0.2) is 18.7 Å². The summed E-state index contributed by atoms with van der Waals surface area (Å²) in [5, 5.41) is 5.62. The van der Waals surface area contributed by atoms with Crippen molar-refractivity contribution in [2.75, 3.05) is 13.1 Å². The summed E-state index contributed by atoms with van der Waals surface area (Å²) < 4.78 is 33.5. The molecule has 2 aliphatic rings. The lowest BCUT2D eigenvalue weighted by Gasteiger charge is -2.13. The number of hydrogen-bond acceptors (Lipinski definition) is 6. The minimum atomic E-state index is -0.474. The van der Waals surface area contributed by atoms with Gasteiger partial charge in [0.1, 0.15) is 24.3 Å². The van der Waals surface area contributed by atoms with E-state index in [4.69, 9.17) is 22.8 Å². The highest BCUT2D eigenvalue weighted by Crippen LogP contribution is 2.30. The highest BCUT2D eigenvalue weighted by molar-refractivity contribution is 6.16. The summed E-state index contributed by atoms with van der Waals surface area (Å²) in [6.45, 7) is 0.240. The summed E-state index contributed by atoms with van der Waals surface area (Å²) in [7, 11) is 0. The van der Waals surface area contributed by atoms with Crippen LogP contribution in [0.5, 0.6) is 0 Å². The highest BCUT2D eigenvalue weighted by atomic mass is 19.1. The molecule has 0 saturated carbocycles. The number of hydrogen-bond donors (Lipinski definition) is 2. The molecule has 12 heteroatoms. The average Bonchev–Trinajstić information content (AvgIpc) is 3.74. The molecule has 0 fully saturated rings. The maximum absolute atomic E-state index is 15.0. The fourth-order valence-corrected chi connectivity index (χ4v) is 6.66. The SMILES string of the molecule is C#Cc1ccc2c(c1)C(c1ccccc1F)=NCc1c(C(=O)NCCNC(=O)c3ncn4c3CN=C(c3ccccc3F)c3cc(C#C)ccc3-4)ncn1-2. The second kappa shape index (κ2) is 13.9. The maximum Gasteiger partial charge on any atom is 0.271 e. The van der Waals surface area contributed by atoms with Crippen molar-refractivity contribution in [3.8, 4) is 36.1 Å². The van der Waals surface area contributed by atoms with Gasteiger partial charge in [0.2, 0.25) is 0 Å². The van der Waals surface area contributed by atoms with Crippen LogP contribution in [0.1, 0.15) is 65.7 Å². The molecule has 0 radical (unpaired) electrons. The summed E-state index contributed by atoms with van der Waals surface area (Å²) in [6.07, 6.45) is 14.4. The molecule has 0 unspecified atom stereocenters. The summed E-state index contributed by atoms with van der Waals surface area (Å²) in [5.41, 5.74) is 6.40. The van der Waals surface area contributed by atoms with Gasteiger partial charge in [-0.3, -0.25) is 28.7 Å². The molecular weight excluding hydrogens is 687 g/mol. The van der Waals surface area contributed by atoms with Crippen molar-refractivity contribution in [2.45, 2.75) is 13.1 Å². The Morgan fingerprint density at radius 1 is 0.630 bits per heavy atom. The van der Waals surface area contributed by atoms with E-state index < -0.39 is 23.4 Å². The average molecular weight is 715 g/mol. The van der Waals surface area contributed by atoms with Gasteiger partial charge >= 0.3 is 0 Å². The number of halogens is 2. The maximum atomic E-state index is 15.0. The molecule has 0 saturated heterocycles. The Hall–Kier alpha value is -7.44. The topological polar surface area (TPSA) is 119 Å². The van der Waals surface area contributed by atoms with E-state index in [1.165, 1.54) is 24.8 Å². The molecule has 2 aliphatic heterocycles. The van der Waals surface area contributed by atoms with Crippen LogP contribution in [0.4, 0.5) is 8.78 Å². The number of imidazole rings is 2. The third-order valence-electron chi connectivity index (χ3n) is 9.25. The van der Waals surface area contributed by atoms with Gasteiger partial charge in [-0.1, -0.05) is 36.1 Å². The van der Waals surface area contributed by atoms with Crippen molar-refractivity contribution in [3.63, 3.8) is 0 Å². The lowest BCUT2D eigenvalue weighted by atomic mass is 9.98. The van der Waals surface area contributed by atoms with Gasteiger partial charge in [-0.15, -0.1) is 12.8 Å². The van der Waals surface area contributed by atoms with Crippen LogP contribution in [0, 0.1) is 36.3 Å². The number of carbonyl (C=O) groups is 2. The van der Waals surface area contributed by atoms with E-state index >= 15 is 0 Å². The molecular formula is C42H28F2N8O2. The van der Waals surface area contributed by atoms with Gasteiger partial charge in [-0.2, -0.15) is 0 Å². The summed E-state index contributed by atoms with van der Waals surface area (Å²) in [5.74, 6) is 3.41. The third-order valence-corrected chi connectivity index (χ3v) is 9.25. The van der Waals surface area contributed by atoms with E-state index in [9.17, 15) is 18.4 Å². The molecule has 4 heterocycles. The molecule has 0 atom stereocenters. The largest absolute Gasteiger partial charge is 0.349 e. The second-order valence-electron chi connectivity index (χ2n) is 12.4. The molecule has 10 nitrogen and oxygen atoms in total. The fourth-order valence-electron chi connectivity index (χ4n) is 6.66. The quantitative estimate of drug-likeness (QED) is 0.176. The molecule has 6 aromatic rings. The summed E-state index contributed by atoms with van der Waals surface area (Å²) in [6, 6.07) is 23.3. The Morgan fingerprint density at radius 2 is 1.06 bits per heavy atom. The van der Waals surface area contributed by atoms with Gasteiger partial charge in [-0.05, 0) is 60.7 Å². The number of rotatable bonds is 7. The standard InChI is InChI=1S/C42H28F2N8O2/c1-3-25-13-15-33-29(19-25)37(27-9-5-7-11-31(27)43)47-21-35-39(49-23-51(33)35)41(53)45-17-18-46-42(54)40-36-22-48-38(28-10-6-8-12-32(28)44)30-20-26(4-2)14-16-34(30)52(36)24-50-40/h1-2,5-16,19-20,23-24H,17-18,21-22H2,(H,45,53)(H,46,54). The second-order valence-corrected chi connectivity index (χ2v) is 12.4. The van der Waals surface area contributed by atoms with Crippen LogP contribution in [0.3, 0.4) is 0 Å². The van der Waals surface area contributed by atoms with Crippen LogP contribution < -0.4 is 10.6 Å². The lowest BCUT2D eigenvalue weighted by molar-refractivity contribution is 0.0922. The zero-order chi connectivity index (χ0) is 37.3. The van der Waals surface area contributed by atoms with Crippen LogP contribution in [0.15, 0.2) is 108 Å². The molecule has 0 spiro atoms. The van der Waals surface area contributed by atoms with Crippen LogP contribution >= 0.6 is 0 Å². The third kappa shape index (κ3) is 5.91. The number of amides is 2. The number of carbonyl (C=O) groups excluding carboxylic acids is 2. The van der Waals surface area contributed by atoms with Gasteiger partial charge in [0.25, 0.3) is 11.8 Å². The number of fused-ring (bicyclic) bond motifs is 6. The summed E-state index contributed by atoms with van der Waals surface area (Å²) >= 11 is 0. The fraction of sp³-hybridized carbons (Fsp3) is 0.0952. The van der Waals surface area contributed by atoms with Crippen molar-refractivity contribution >= 4 is 23.2 Å². The van der Waals surface area contributed by atoms with E-state index in [0.29, 0.717) is 67.6 Å². The molecule has 2 N–H and O–H groups in total. The van der Waals surface area contributed by atoms with Crippen molar-refractivity contribution in [1.82, 2.24) is 29.7 Å². The van der Waals surface area contributed by atoms with Crippen LogP contribution in [0.2, 0.25) is 0 Å². The first-order valence-corrected chi connectivity index (χ1v) is 16.9. The van der Waals surface area contributed by atoms with E-state index in [2.05, 4.69) is 32.4 Å². The van der Waals surface area contributed by atoms with Gasteiger partial charge < -0.3 is 10.6 Å². The zero-order valence-corrected chi connectivity index (χ0v) is 28.5. The van der Waals surface area contributed by atoms with Gasteiger partial charge in [0.15, 0.2) is 11.4 Å². The molecule has 2 amide bonds. The molecule has 0 aliphatic carbocycles. The first kappa shape index (κ1) is 33.7. The number of terminal acetylenes is 2. The molecule has 8 rings (SSSR count). The van der Waals surface area contributed by atoms with E-state index in [0.717, 1.165) is 0 Å². The normalized spacial score (nSPS) is 12.6. The van der Waals surface area contributed by atoms with Crippen molar-refractivity contribution in [3.05, 3.63) is 165 Å². The van der Waals surface area contributed by atoms with Crippen molar-refractivity contribution < 1.29 is 18.4 Å². The highest BCUT2D eigenvalue weighted by Gasteiger charge is 2.28. The number of benzene rings is 4. The first-order chi connectivity index (χ1) is 26.4. The number of aromatic nitrogens is 4. The number of nitrogens with one attached hydrogen (secondary N) is 2. The Morgan fingerprint density at radius 3 is 1.46 bits per heavy atom. The Bertz CT molecular complexity index is 2490. The Kier molecular flexibility index (Phi) is 8.70. The smallest absolute Gasteiger partial charge is 0.271 e. The molecule has 0 bridgehead atoms. The predicted octanol–water partition coefficient (Wildman–Crippen LogP) is 5.16. The number of aliphatic imine (C=N–C) groups is 2. The van der Waals surface area contributed by atoms with E-state index in [1.807, 2.05) is 0 Å². The minimum absolute atomic E-state index is 0.0446. The zero-order valence-electron chi connectivity index (χ0n) is 28.5. The van der Waals surface area contributed by atoms with E-state index in [1.54, 1.807) is 81.9 Å². The lowest BCUT2D eigenvalue weighted by Crippen LogP contribution is -2.35. The van der Waals surface area contributed by atoms with Crippen LogP contribution in [0.25, 0.3) is 11.4 Å². The summed E-state index contributed by atoms with van der Waals surface area (Å²) in [4.78, 5) is 45.1. The molecule has 54 heavy (non-hydrogen) atoms. The number of nitrogens with zero attached hydrogens (tertiary/aromatic N) is 6. The van der Waals surface area contributed by atoms with Crippen molar-refractivity contribution in [1.29, 1.82) is 0 Å². The van der Waals surface area contributed by atoms with Crippen LogP contribution in [-0.2, 0) is 13.1 Å². The van der Waals surface area contributed by atoms with Crippen molar-refractivity contribution in [2.24, 2.45) is 9.98 Å². The van der Waals surface area contributed by atoms with Gasteiger partial charge in [0, 0.05) is 46.5 Å². The van der Waals surface area contributed by atoms with Gasteiger partial charge in [0.05, 0.1) is 47.3 Å². The van der Waals surface area contributed by atoms with E-state index in [-0.39, 0.29) is 37.6 Å². The molecule has 262 valence electrons. The molecule has 2 aromatic heterocycles. The molecule has 4 aromatic carbocycles.